The lowest BCUT2D eigenvalue weighted by molar-refractivity contribution is 0.374. The molecule has 0 saturated heterocycles. The van der Waals surface area contributed by atoms with Crippen molar-refractivity contribution < 1.29 is 8.83 Å². The van der Waals surface area contributed by atoms with Crippen LogP contribution in [0.1, 0.15) is 31.9 Å². The number of nitrogens with one attached hydrogen (secondary N) is 1. The molecule has 0 aliphatic carbocycles. The van der Waals surface area contributed by atoms with Gasteiger partial charge < -0.3 is 14.2 Å². The molecule has 0 bridgehead atoms. The zero-order valence-corrected chi connectivity index (χ0v) is 8.05. The Morgan fingerprint density at radius 2 is 2.08 bits per heavy atom. The van der Waals surface area contributed by atoms with Crippen LogP contribution in [-0.2, 0) is 6.42 Å². The summed E-state index contributed by atoms with van der Waals surface area (Å²) < 4.78 is 9.63. The van der Waals surface area contributed by atoms with Crippen LogP contribution in [0.3, 0.4) is 0 Å². The second kappa shape index (κ2) is 4.74. The fraction of sp³-hybridized carbons (Fsp3) is 0.667. The largest absolute Gasteiger partial charge is 0.520 e. The van der Waals surface area contributed by atoms with Gasteiger partial charge >= 0.3 is 5.82 Å². The van der Waals surface area contributed by atoms with E-state index >= 15 is 0 Å². The normalized spacial score (nSPS) is 10.3. The van der Waals surface area contributed by atoms with Crippen molar-refractivity contribution in [3.63, 3.8) is 0 Å². The lowest BCUT2D eigenvalue weighted by Gasteiger charge is -1.96. The second-order valence-corrected chi connectivity index (χ2v) is 2.91. The molecule has 0 fully saturated rings. The summed E-state index contributed by atoms with van der Waals surface area (Å²) in [6.45, 7) is 2.13. The van der Waals surface area contributed by atoms with Crippen LogP contribution in [0.5, 0.6) is 0 Å². The van der Waals surface area contributed by atoms with Crippen molar-refractivity contribution in [1.29, 1.82) is 0 Å². The highest BCUT2D eigenvalue weighted by Crippen LogP contribution is 2.15. The molecule has 0 unspecified atom stereocenters. The first kappa shape index (κ1) is 9.89. The maximum atomic E-state index is 10.7. The summed E-state index contributed by atoms with van der Waals surface area (Å²) in [5, 5.41) is 2.78. The molecule has 1 N–H and O–H groups in total. The van der Waals surface area contributed by atoms with Crippen LogP contribution in [0.2, 0.25) is 0 Å². The maximum absolute atomic E-state index is 10.7. The Balaban J connectivity index is 2.59. The van der Waals surface area contributed by atoms with E-state index in [1.807, 2.05) is 0 Å². The fourth-order valence-electron chi connectivity index (χ4n) is 1.20. The highest BCUT2D eigenvalue weighted by Gasteiger charge is 2.09. The van der Waals surface area contributed by atoms with Gasteiger partial charge in [-0.05, 0) is 6.42 Å². The predicted molar refractivity (Wildman–Crippen MR) is 50.0 cm³/mol. The van der Waals surface area contributed by atoms with Crippen LogP contribution < -0.4 is 11.1 Å². The highest BCUT2D eigenvalue weighted by atomic mass is 16.6. The van der Waals surface area contributed by atoms with Gasteiger partial charge in [-0.15, -0.1) is 0 Å². The lowest BCUT2D eigenvalue weighted by atomic mass is 10.2. The van der Waals surface area contributed by atoms with Crippen LogP contribution in [0.15, 0.2) is 13.6 Å². The molecule has 1 heterocycles. The summed E-state index contributed by atoms with van der Waals surface area (Å²) in [6.07, 6.45) is 4.07. The molecule has 4 heteroatoms. The van der Waals surface area contributed by atoms with E-state index in [2.05, 4.69) is 12.2 Å². The molecular formula is C9H15NO3. The van der Waals surface area contributed by atoms with Gasteiger partial charge in [-0.2, -0.15) is 0 Å². The van der Waals surface area contributed by atoms with Crippen LogP contribution in [0, 0.1) is 0 Å². The molecule has 0 aliphatic heterocycles. The molecule has 1 rings (SSSR count). The van der Waals surface area contributed by atoms with Crippen LogP contribution in [-0.4, -0.2) is 7.05 Å². The molecule has 0 aliphatic rings. The molecule has 74 valence electrons. The van der Waals surface area contributed by atoms with E-state index in [0.717, 1.165) is 25.7 Å². The van der Waals surface area contributed by atoms with Crippen LogP contribution in [0.25, 0.3) is 0 Å². The topological polar surface area (TPSA) is 55.4 Å². The average Bonchev–Trinajstić information content (AvgIpc) is 2.47. The van der Waals surface area contributed by atoms with Gasteiger partial charge in [-0.1, -0.05) is 19.8 Å². The molecule has 13 heavy (non-hydrogen) atoms. The van der Waals surface area contributed by atoms with E-state index in [0.29, 0.717) is 11.6 Å². The van der Waals surface area contributed by atoms with Gasteiger partial charge in [-0.3, -0.25) is 0 Å². The lowest BCUT2D eigenvalue weighted by Crippen LogP contribution is -1.91. The van der Waals surface area contributed by atoms with Crippen molar-refractivity contribution in [2.45, 2.75) is 32.6 Å². The average molecular weight is 185 g/mol. The van der Waals surface area contributed by atoms with E-state index in [1.165, 1.54) is 0 Å². The quantitative estimate of drug-likeness (QED) is 0.713. The monoisotopic (exact) mass is 185 g/mol. The van der Waals surface area contributed by atoms with Gasteiger partial charge in [0.15, 0.2) is 5.76 Å². The highest BCUT2D eigenvalue weighted by molar-refractivity contribution is 5.32. The Morgan fingerprint density at radius 3 is 2.69 bits per heavy atom. The third-order valence-electron chi connectivity index (χ3n) is 1.88. The minimum absolute atomic E-state index is 0.459. The Kier molecular flexibility index (Phi) is 3.61. The van der Waals surface area contributed by atoms with Crippen molar-refractivity contribution in [3.8, 4) is 0 Å². The first-order valence-electron chi connectivity index (χ1n) is 4.58. The third kappa shape index (κ3) is 2.65. The number of aryl methyl sites for hydroxylation is 1. The number of hydrogen-bond acceptors (Lipinski definition) is 4. The summed E-state index contributed by atoms with van der Waals surface area (Å²) in [4.78, 5) is 10.7. The zero-order chi connectivity index (χ0) is 9.68. The maximum Gasteiger partial charge on any atom is 0.520 e. The predicted octanol–water partition coefficient (Wildman–Crippen LogP) is 2.01. The first-order valence-corrected chi connectivity index (χ1v) is 4.58. The van der Waals surface area contributed by atoms with Crippen molar-refractivity contribution in [2.75, 3.05) is 12.4 Å². The van der Waals surface area contributed by atoms with Crippen LogP contribution in [0.4, 0.5) is 5.88 Å². The Bertz CT molecular complexity index is 300. The molecule has 1 aromatic rings. The third-order valence-corrected chi connectivity index (χ3v) is 1.88. The fourth-order valence-corrected chi connectivity index (χ4v) is 1.20. The van der Waals surface area contributed by atoms with E-state index in [-0.39, 0.29) is 0 Å². The van der Waals surface area contributed by atoms with E-state index in [1.54, 1.807) is 7.05 Å². The zero-order valence-electron chi connectivity index (χ0n) is 8.05. The molecule has 0 amide bonds. The van der Waals surface area contributed by atoms with Gasteiger partial charge in [0, 0.05) is 13.5 Å². The van der Waals surface area contributed by atoms with Crippen molar-refractivity contribution in [1.82, 2.24) is 0 Å². The summed E-state index contributed by atoms with van der Waals surface area (Å²) in [7, 11) is 1.71. The standard InChI is InChI=1S/C9H15NO3/c1-3-4-5-6-7-8(10-2)13-9(11)12-7/h10H,3-6H2,1-2H3. The SMILES string of the molecule is CCCCCc1oc(=O)oc1NC. The summed E-state index contributed by atoms with van der Waals surface area (Å²) in [5.74, 6) is 0.456. The second-order valence-electron chi connectivity index (χ2n) is 2.91. The molecule has 0 radical (unpaired) electrons. The van der Waals surface area contributed by atoms with Gasteiger partial charge in [0.05, 0.1) is 0 Å². The number of unbranched alkanes of at least 4 members (excludes halogenated alkanes) is 2. The van der Waals surface area contributed by atoms with Crippen molar-refractivity contribution >= 4 is 5.88 Å². The van der Waals surface area contributed by atoms with Gasteiger partial charge in [0.1, 0.15) is 0 Å². The van der Waals surface area contributed by atoms with Crippen molar-refractivity contribution in [3.05, 3.63) is 16.4 Å². The summed E-state index contributed by atoms with van der Waals surface area (Å²) >= 11 is 0. The van der Waals surface area contributed by atoms with E-state index < -0.39 is 5.82 Å². The summed E-state index contributed by atoms with van der Waals surface area (Å²) in [6, 6.07) is 0. The Labute approximate surface area is 76.9 Å². The molecular weight excluding hydrogens is 170 g/mol. The van der Waals surface area contributed by atoms with Crippen LogP contribution >= 0.6 is 0 Å². The summed E-state index contributed by atoms with van der Waals surface area (Å²) in [5.41, 5.74) is 0. The molecule has 0 spiro atoms. The number of rotatable bonds is 5. The first-order chi connectivity index (χ1) is 6.27. The van der Waals surface area contributed by atoms with Gasteiger partial charge in [0.25, 0.3) is 0 Å². The van der Waals surface area contributed by atoms with Crippen molar-refractivity contribution in [2.24, 2.45) is 0 Å². The molecule has 0 atom stereocenters. The minimum Gasteiger partial charge on any atom is -0.394 e. The van der Waals surface area contributed by atoms with E-state index in [9.17, 15) is 4.79 Å². The van der Waals surface area contributed by atoms with Gasteiger partial charge in [0.2, 0.25) is 5.88 Å². The molecule has 0 saturated carbocycles. The van der Waals surface area contributed by atoms with Gasteiger partial charge in [-0.25, -0.2) is 4.79 Å². The Morgan fingerprint density at radius 1 is 1.31 bits per heavy atom. The minimum atomic E-state index is -0.629. The Hall–Kier alpha value is -1.19. The number of anilines is 1. The smallest absolute Gasteiger partial charge is 0.394 e. The molecule has 1 aromatic heterocycles. The number of hydrogen-bond donors (Lipinski definition) is 1. The molecule has 0 aromatic carbocycles. The van der Waals surface area contributed by atoms with E-state index in [4.69, 9.17) is 8.83 Å². The molecule has 4 nitrogen and oxygen atoms in total.